The van der Waals surface area contributed by atoms with Gasteiger partial charge >= 0.3 is 0 Å². The monoisotopic (exact) mass is 265 g/mol. The van der Waals surface area contributed by atoms with Crippen LogP contribution in [0.4, 0.5) is 5.69 Å². The molecule has 0 atom stereocenters. The molecule has 0 unspecified atom stereocenters. The van der Waals surface area contributed by atoms with Gasteiger partial charge in [-0.2, -0.15) is 33.7 Å². The van der Waals surface area contributed by atoms with Gasteiger partial charge in [-0.05, 0) is 24.3 Å². The maximum absolute atomic E-state index is 10.8. The summed E-state index contributed by atoms with van der Waals surface area (Å²) in [5, 5.41) is 0. The Balaban J connectivity index is 3.00. The number of rotatable bonds is 4. The molecular weight excluding hydrogens is 254 g/mol. The maximum atomic E-state index is 10.8. The van der Waals surface area contributed by atoms with Crippen molar-refractivity contribution in [3.8, 4) is 0 Å². The summed E-state index contributed by atoms with van der Waals surface area (Å²) in [5.74, 6) is 0.962. The molecule has 1 aromatic carbocycles. The maximum Gasteiger partial charge on any atom is 0.294 e. The van der Waals surface area contributed by atoms with Crippen LogP contribution in [0.25, 0.3) is 0 Å². The van der Waals surface area contributed by atoms with Gasteiger partial charge in [0.1, 0.15) is 0 Å². The summed E-state index contributed by atoms with van der Waals surface area (Å²) in [4.78, 5) is 1.70. The van der Waals surface area contributed by atoms with E-state index in [1.807, 2.05) is 4.90 Å². The van der Waals surface area contributed by atoms with Crippen LogP contribution in [0.1, 0.15) is 0 Å². The second kappa shape index (κ2) is 5.11. The number of hydrogen-bond donors (Lipinski definition) is 3. The molecule has 0 radical (unpaired) electrons. The number of hydrogen-bond acceptors (Lipinski definition) is 5. The van der Waals surface area contributed by atoms with Crippen LogP contribution in [0.5, 0.6) is 0 Å². The molecule has 4 nitrogen and oxygen atoms in total. The lowest BCUT2D eigenvalue weighted by Crippen LogP contribution is -2.19. The van der Waals surface area contributed by atoms with Gasteiger partial charge < -0.3 is 4.90 Å². The van der Waals surface area contributed by atoms with E-state index in [2.05, 4.69) is 25.3 Å². The molecule has 0 fully saturated rings. The van der Waals surface area contributed by atoms with Crippen molar-refractivity contribution in [2.24, 2.45) is 0 Å². The first-order chi connectivity index (χ1) is 6.99. The van der Waals surface area contributed by atoms with E-state index in [9.17, 15) is 8.42 Å². The van der Waals surface area contributed by atoms with E-state index in [0.29, 0.717) is 11.8 Å². The zero-order valence-corrected chi connectivity index (χ0v) is 10.3. The first kappa shape index (κ1) is 12.7. The number of thiol groups is 2. The third-order valence-corrected chi connectivity index (χ3v) is 3.39. The molecule has 15 heavy (non-hydrogen) atoms. The van der Waals surface area contributed by atoms with Gasteiger partial charge in [-0.1, -0.05) is 0 Å². The highest BCUT2D eigenvalue weighted by Gasteiger charge is 2.09. The van der Waals surface area contributed by atoms with E-state index in [1.165, 1.54) is 12.1 Å². The number of anilines is 1. The average Bonchev–Trinajstić information content (AvgIpc) is 2.19. The molecule has 0 aliphatic carbocycles. The Morgan fingerprint density at radius 1 is 1.13 bits per heavy atom. The molecule has 0 amide bonds. The Morgan fingerprint density at radius 2 is 1.60 bits per heavy atom. The van der Waals surface area contributed by atoms with Crippen molar-refractivity contribution < 1.29 is 13.0 Å². The minimum Gasteiger partial charge on any atom is -0.354 e. The predicted molar refractivity (Wildman–Crippen MR) is 66.4 cm³/mol. The van der Waals surface area contributed by atoms with Crippen molar-refractivity contribution in [2.75, 3.05) is 16.7 Å². The molecule has 7 heteroatoms. The quantitative estimate of drug-likeness (QED) is 0.439. The highest BCUT2D eigenvalue weighted by molar-refractivity contribution is 7.85. The van der Waals surface area contributed by atoms with E-state index in [0.717, 1.165) is 5.69 Å². The lowest BCUT2D eigenvalue weighted by molar-refractivity contribution is 0.483. The van der Waals surface area contributed by atoms with Crippen LogP contribution in [-0.2, 0) is 10.1 Å². The first-order valence-corrected chi connectivity index (χ1v) is 6.73. The zero-order chi connectivity index (χ0) is 11.5. The summed E-state index contributed by atoms with van der Waals surface area (Å²) in [7, 11) is -4.12. The fourth-order valence-corrected chi connectivity index (χ4v) is 2.20. The van der Waals surface area contributed by atoms with Gasteiger partial charge in [0.15, 0.2) is 0 Å². The van der Waals surface area contributed by atoms with Crippen molar-refractivity contribution in [3.63, 3.8) is 0 Å². The number of nitrogens with zero attached hydrogens (tertiary/aromatic N) is 1. The van der Waals surface area contributed by atoms with E-state index >= 15 is 0 Å². The molecule has 1 rings (SSSR count). The molecular formula is C8H11NO3S3. The summed E-state index contributed by atoms with van der Waals surface area (Å²) in [6.07, 6.45) is 0. The van der Waals surface area contributed by atoms with Crippen LogP contribution < -0.4 is 4.90 Å². The van der Waals surface area contributed by atoms with Crippen LogP contribution in [0, 0.1) is 0 Å². The van der Waals surface area contributed by atoms with Gasteiger partial charge in [0.2, 0.25) is 0 Å². The highest BCUT2D eigenvalue weighted by Crippen LogP contribution is 2.18. The van der Waals surface area contributed by atoms with E-state index in [1.54, 1.807) is 12.1 Å². The molecule has 0 saturated heterocycles. The van der Waals surface area contributed by atoms with Crippen molar-refractivity contribution in [3.05, 3.63) is 24.3 Å². The first-order valence-electron chi connectivity index (χ1n) is 4.03. The number of benzene rings is 1. The largest absolute Gasteiger partial charge is 0.354 e. The molecule has 0 aromatic heterocycles. The minimum atomic E-state index is -4.12. The van der Waals surface area contributed by atoms with Gasteiger partial charge in [0, 0.05) is 5.69 Å². The molecule has 1 N–H and O–H groups in total. The van der Waals surface area contributed by atoms with Crippen molar-refractivity contribution in [1.82, 2.24) is 0 Å². The van der Waals surface area contributed by atoms with Gasteiger partial charge in [-0.25, -0.2) is 0 Å². The van der Waals surface area contributed by atoms with Crippen LogP contribution in [0.15, 0.2) is 29.2 Å². The Kier molecular flexibility index (Phi) is 4.32. The van der Waals surface area contributed by atoms with Gasteiger partial charge in [0.05, 0.1) is 16.6 Å². The predicted octanol–water partition coefficient (Wildman–Crippen LogP) is 1.51. The SMILES string of the molecule is O=S(=O)(O)c1ccc(N(CS)CS)cc1. The summed E-state index contributed by atoms with van der Waals surface area (Å²) in [6.45, 7) is 0. The fourth-order valence-electron chi connectivity index (χ4n) is 1.04. The summed E-state index contributed by atoms with van der Waals surface area (Å²) in [6, 6.07) is 5.86. The van der Waals surface area contributed by atoms with Crippen LogP contribution in [-0.4, -0.2) is 24.7 Å². The van der Waals surface area contributed by atoms with Crippen molar-refractivity contribution >= 4 is 41.1 Å². The molecule has 0 bridgehead atoms. The summed E-state index contributed by atoms with van der Waals surface area (Å²) < 4.78 is 30.3. The molecule has 0 saturated carbocycles. The lowest BCUT2D eigenvalue weighted by atomic mass is 10.3. The van der Waals surface area contributed by atoms with Crippen molar-refractivity contribution in [1.29, 1.82) is 0 Å². The Bertz CT molecular complexity index is 411. The van der Waals surface area contributed by atoms with Gasteiger partial charge in [-0.3, -0.25) is 4.55 Å². The molecule has 0 aliphatic heterocycles. The molecule has 0 aliphatic rings. The summed E-state index contributed by atoms with van der Waals surface area (Å²) >= 11 is 8.20. The molecule has 0 heterocycles. The average molecular weight is 265 g/mol. The van der Waals surface area contributed by atoms with Crippen LogP contribution >= 0.6 is 25.3 Å². The minimum absolute atomic E-state index is 0.121. The van der Waals surface area contributed by atoms with Crippen LogP contribution in [0.3, 0.4) is 0 Å². The third kappa shape index (κ3) is 3.30. The Morgan fingerprint density at radius 3 is 1.93 bits per heavy atom. The third-order valence-electron chi connectivity index (χ3n) is 1.84. The van der Waals surface area contributed by atoms with Gasteiger partial charge in [0.25, 0.3) is 10.1 Å². The second-order valence-corrected chi connectivity index (χ2v) is 4.78. The molecule has 84 valence electrons. The van der Waals surface area contributed by atoms with Crippen LogP contribution in [0.2, 0.25) is 0 Å². The van der Waals surface area contributed by atoms with Crippen molar-refractivity contribution in [2.45, 2.75) is 4.90 Å². The Labute approximate surface area is 99.9 Å². The summed E-state index contributed by atoms with van der Waals surface area (Å²) in [5.41, 5.74) is 0.799. The zero-order valence-electron chi connectivity index (χ0n) is 7.74. The smallest absolute Gasteiger partial charge is 0.294 e. The van der Waals surface area contributed by atoms with E-state index in [4.69, 9.17) is 4.55 Å². The Hall–Kier alpha value is -0.370. The highest BCUT2D eigenvalue weighted by atomic mass is 32.2. The van der Waals surface area contributed by atoms with E-state index < -0.39 is 10.1 Å². The standard InChI is InChI=1S/C8H11NO3S3/c10-15(11,12)8-3-1-7(2-4-8)9(5-13)6-14/h1-4,13-14H,5-6H2,(H,10,11,12). The fraction of sp³-hybridized carbons (Fsp3) is 0.250. The normalized spacial score (nSPS) is 11.4. The van der Waals surface area contributed by atoms with Gasteiger partial charge in [-0.15, -0.1) is 0 Å². The topological polar surface area (TPSA) is 57.6 Å². The molecule has 1 aromatic rings. The second-order valence-electron chi connectivity index (χ2n) is 2.79. The van der Waals surface area contributed by atoms with E-state index in [-0.39, 0.29) is 4.90 Å². The lowest BCUT2D eigenvalue weighted by Gasteiger charge is -2.19. The molecule has 0 spiro atoms.